The molecule has 0 saturated heterocycles. The first-order valence-electron chi connectivity index (χ1n) is 8.60. The number of nitrogens with one attached hydrogen (secondary N) is 1. The Balaban J connectivity index is 1.56. The summed E-state index contributed by atoms with van der Waals surface area (Å²) in [4.78, 5) is 0. The predicted octanol–water partition coefficient (Wildman–Crippen LogP) is 3.08. The molecule has 1 aromatic carbocycles. The fourth-order valence-corrected chi connectivity index (χ4v) is 3.78. The molecular formula is C19H27N3O. The van der Waals surface area contributed by atoms with Gasteiger partial charge in [0.1, 0.15) is 0 Å². The quantitative estimate of drug-likeness (QED) is 0.892. The summed E-state index contributed by atoms with van der Waals surface area (Å²) in [5.41, 5.74) is 3.51. The number of rotatable bonds is 5. The minimum Gasteiger partial charge on any atom is -0.387 e. The van der Waals surface area contributed by atoms with Crippen LogP contribution >= 0.6 is 0 Å². The second-order valence-electron chi connectivity index (χ2n) is 6.72. The zero-order chi connectivity index (χ0) is 16.2. The SMILES string of the molecule is Cc1ccccc1C(O)CNC1CCCC(c2ccnn2C)C1. The van der Waals surface area contributed by atoms with Crippen LogP contribution in [0.25, 0.3) is 0 Å². The maximum absolute atomic E-state index is 10.4. The van der Waals surface area contributed by atoms with Gasteiger partial charge < -0.3 is 10.4 Å². The fraction of sp³-hybridized carbons (Fsp3) is 0.526. The molecular weight excluding hydrogens is 286 g/mol. The van der Waals surface area contributed by atoms with E-state index in [9.17, 15) is 5.11 Å². The van der Waals surface area contributed by atoms with E-state index < -0.39 is 6.10 Å². The first-order valence-corrected chi connectivity index (χ1v) is 8.60. The number of aliphatic hydroxyl groups excluding tert-OH is 1. The van der Waals surface area contributed by atoms with Crippen LogP contribution < -0.4 is 5.32 Å². The van der Waals surface area contributed by atoms with Crippen molar-refractivity contribution >= 4 is 0 Å². The van der Waals surface area contributed by atoms with Crippen molar-refractivity contribution in [1.29, 1.82) is 0 Å². The van der Waals surface area contributed by atoms with Crippen molar-refractivity contribution in [2.24, 2.45) is 7.05 Å². The molecule has 1 aliphatic carbocycles. The van der Waals surface area contributed by atoms with Gasteiger partial charge in [0.2, 0.25) is 0 Å². The molecule has 2 N–H and O–H groups in total. The zero-order valence-electron chi connectivity index (χ0n) is 14.1. The highest BCUT2D eigenvalue weighted by Crippen LogP contribution is 2.32. The van der Waals surface area contributed by atoms with E-state index in [1.807, 2.05) is 36.1 Å². The summed E-state index contributed by atoms with van der Waals surface area (Å²) in [6.07, 6.45) is 6.23. The lowest BCUT2D eigenvalue weighted by molar-refractivity contribution is 0.163. The number of aromatic nitrogens is 2. The number of aliphatic hydroxyl groups is 1. The highest BCUT2D eigenvalue weighted by molar-refractivity contribution is 5.27. The van der Waals surface area contributed by atoms with Crippen LogP contribution in [0.4, 0.5) is 0 Å². The Labute approximate surface area is 138 Å². The second-order valence-corrected chi connectivity index (χ2v) is 6.72. The van der Waals surface area contributed by atoms with Gasteiger partial charge in [0.15, 0.2) is 0 Å². The summed E-state index contributed by atoms with van der Waals surface area (Å²) in [5.74, 6) is 0.573. The highest BCUT2D eigenvalue weighted by atomic mass is 16.3. The summed E-state index contributed by atoms with van der Waals surface area (Å²) in [6, 6.07) is 10.7. The Morgan fingerprint density at radius 3 is 2.87 bits per heavy atom. The Hall–Kier alpha value is -1.65. The Morgan fingerprint density at radius 1 is 1.30 bits per heavy atom. The Morgan fingerprint density at radius 2 is 2.13 bits per heavy atom. The molecule has 4 nitrogen and oxygen atoms in total. The summed E-state index contributed by atoms with van der Waals surface area (Å²) in [5, 5.41) is 18.3. The van der Waals surface area contributed by atoms with Crippen LogP contribution in [0.1, 0.15) is 54.5 Å². The van der Waals surface area contributed by atoms with E-state index in [1.165, 1.54) is 25.0 Å². The van der Waals surface area contributed by atoms with Crippen molar-refractivity contribution in [3.63, 3.8) is 0 Å². The third-order valence-corrected chi connectivity index (χ3v) is 5.10. The largest absolute Gasteiger partial charge is 0.387 e. The Kier molecular flexibility index (Phi) is 5.13. The molecule has 0 spiro atoms. The third-order valence-electron chi connectivity index (χ3n) is 5.10. The minimum absolute atomic E-state index is 0.437. The van der Waals surface area contributed by atoms with Gasteiger partial charge in [-0.1, -0.05) is 30.7 Å². The molecule has 124 valence electrons. The van der Waals surface area contributed by atoms with E-state index in [1.54, 1.807) is 0 Å². The number of hydrogen-bond acceptors (Lipinski definition) is 3. The standard InChI is InChI=1S/C19H27N3O/c1-14-6-3-4-9-17(14)19(23)13-20-16-8-5-7-15(12-16)18-10-11-21-22(18)2/h3-4,6,9-11,15-16,19-20,23H,5,7-8,12-13H2,1-2H3. The summed E-state index contributed by atoms with van der Waals surface area (Å²) < 4.78 is 2.00. The molecule has 0 aliphatic heterocycles. The normalized spacial score (nSPS) is 22.9. The Bertz CT molecular complexity index is 637. The van der Waals surface area contributed by atoms with Crippen molar-refractivity contribution in [3.05, 3.63) is 53.3 Å². The molecule has 0 radical (unpaired) electrons. The van der Waals surface area contributed by atoms with Gasteiger partial charge in [-0.25, -0.2) is 0 Å². The van der Waals surface area contributed by atoms with E-state index in [2.05, 4.69) is 29.5 Å². The van der Waals surface area contributed by atoms with Gasteiger partial charge >= 0.3 is 0 Å². The van der Waals surface area contributed by atoms with Crippen LogP contribution in [0.2, 0.25) is 0 Å². The molecule has 1 saturated carbocycles. The van der Waals surface area contributed by atoms with Crippen molar-refractivity contribution in [2.45, 2.75) is 50.7 Å². The van der Waals surface area contributed by atoms with Crippen LogP contribution in [-0.2, 0) is 7.05 Å². The van der Waals surface area contributed by atoms with E-state index in [4.69, 9.17) is 0 Å². The smallest absolute Gasteiger partial charge is 0.0917 e. The lowest BCUT2D eigenvalue weighted by Crippen LogP contribution is -2.36. The van der Waals surface area contributed by atoms with Gasteiger partial charge in [-0.3, -0.25) is 4.68 Å². The molecule has 1 aromatic heterocycles. The van der Waals surface area contributed by atoms with E-state index >= 15 is 0 Å². The third kappa shape index (κ3) is 3.82. The topological polar surface area (TPSA) is 50.1 Å². The average molecular weight is 313 g/mol. The molecule has 3 atom stereocenters. The summed E-state index contributed by atoms with van der Waals surface area (Å²) in [7, 11) is 2.02. The molecule has 1 heterocycles. The fourth-order valence-electron chi connectivity index (χ4n) is 3.78. The lowest BCUT2D eigenvalue weighted by atomic mass is 9.83. The molecule has 4 heteroatoms. The van der Waals surface area contributed by atoms with Gasteiger partial charge in [-0.15, -0.1) is 0 Å². The van der Waals surface area contributed by atoms with Crippen LogP contribution in [-0.4, -0.2) is 27.5 Å². The molecule has 1 fully saturated rings. The van der Waals surface area contributed by atoms with E-state index in [0.29, 0.717) is 18.5 Å². The highest BCUT2D eigenvalue weighted by Gasteiger charge is 2.25. The predicted molar refractivity (Wildman–Crippen MR) is 92.3 cm³/mol. The number of nitrogens with zero attached hydrogens (tertiary/aromatic N) is 2. The molecule has 1 aliphatic rings. The number of aryl methyl sites for hydroxylation is 2. The first-order chi connectivity index (χ1) is 11.1. The monoisotopic (exact) mass is 313 g/mol. The summed E-state index contributed by atoms with van der Waals surface area (Å²) >= 11 is 0. The van der Waals surface area contributed by atoms with Gasteiger partial charge in [0.05, 0.1) is 6.10 Å². The molecule has 0 amide bonds. The van der Waals surface area contributed by atoms with Crippen molar-refractivity contribution in [1.82, 2.24) is 15.1 Å². The van der Waals surface area contributed by atoms with E-state index in [-0.39, 0.29) is 0 Å². The van der Waals surface area contributed by atoms with E-state index in [0.717, 1.165) is 17.5 Å². The first kappa shape index (κ1) is 16.2. The average Bonchev–Trinajstić information content (AvgIpc) is 2.99. The van der Waals surface area contributed by atoms with Crippen molar-refractivity contribution < 1.29 is 5.11 Å². The van der Waals surface area contributed by atoms with Crippen LogP contribution in [0, 0.1) is 6.92 Å². The number of hydrogen-bond donors (Lipinski definition) is 2. The van der Waals surface area contributed by atoms with Crippen molar-refractivity contribution in [2.75, 3.05) is 6.54 Å². The van der Waals surface area contributed by atoms with Crippen molar-refractivity contribution in [3.8, 4) is 0 Å². The molecule has 2 aromatic rings. The summed E-state index contributed by atoms with van der Waals surface area (Å²) in [6.45, 7) is 2.67. The maximum atomic E-state index is 10.4. The molecule has 0 bridgehead atoms. The second kappa shape index (κ2) is 7.28. The van der Waals surface area contributed by atoms with Crippen LogP contribution in [0.5, 0.6) is 0 Å². The van der Waals surface area contributed by atoms with Gasteiger partial charge in [-0.05, 0) is 43.4 Å². The number of benzene rings is 1. The van der Waals surface area contributed by atoms with Gasteiger partial charge in [0.25, 0.3) is 0 Å². The zero-order valence-corrected chi connectivity index (χ0v) is 14.1. The minimum atomic E-state index is -0.437. The van der Waals surface area contributed by atoms with Gasteiger partial charge in [-0.2, -0.15) is 5.10 Å². The van der Waals surface area contributed by atoms with Gasteiger partial charge in [0, 0.05) is 37.4 Å². The maximum Gasteiger partial charge on any atom is 0.0917 e. The molecule has 3 unspecified atom stereocenters. The lowest BCUT2D eigenvalue weighted by Gasteiger charge is -2.30. The molecule has 3 rings (SSSR count). The van der Waals surface area contributed by atoms with Crippen LogP contribution in [0.3, 0.4) is 0 Å². The van der Waals surface area contributed by atoms with Crippen LogP contribution in [0.15, 0.2) is 36.5 Å². The molecule has 23 heavy (non-hydrogen) atoms.